The first-order valence-corrected chi connectivity index (χ1v) is 8.09. The van der Waals surface area contributed by atoms with Crippen LogP contribution in [0.15, 0.2) is 46.9 Å². The summed E-state index contributed by atoms with van der Waals surface area (Å²) in [6.07, 6.45) is -0.710. The molecule has 26 heavy (non-hydrogen) atoms. The van der Waals surface area contributed by atoms with Crippen molar-refractivity contribution < 1.29 is 23.1 Å². The summed E-state index contributed by atoms with van der Waals surface area (Å²) in [5.41, 5.74) is 0.885. The molecule has 0 aliphatic carbocycles. The maximum Gasteiger partial charge on any atom is 0.411 e. The highest BCUT2D eigenvalue weighted by Crippen LogP contribution is 2.32. The van der Waals surface area contributed by atoms with E-state index in [1.165, 1.54) is 12.1 Å². The minimum absolute atomic E-state index is 0.111. The Morgan fingerprint density at radius 2 is 1.96 bits per heavy atom. The maximum atomic E-state index is 13.3. The van der Waals surface area contributed by atoms with Gasteiger partial charge in [0.1, 0.15) is 17.1 Å². The first-order valence-electron chi connectivity index (χ1n) is 7.71. The lowest BCUT2D eigenvalue weighted by Crippen LogP contribution is -2.17. The predicted octanol–water partition coefficient (Wildman–Crippen LogP) is 5.05. The molecule has 0 spiro atoms. The number of rotatable bonds is 4. The summed E-state index contributed by atoms with van der Waals surface area (Å²) in [6, 6.07) is 10.6. The normalized spacial score (nSPS) is 10.6. The number of carbonyl (C=O) groups is 2. The van der Waals surface area contributed by atoms with Crippen molar-refractivity contribution in [3.8, 4) is 0 Å². The summed E-state index contributed by atoms with van der Waals surface area (Å²) < 4.78 is 23.7. The molecule has 0 radical (unpaired) electrons. The van der Waals surface area contributed by atoms with Crippen LogP contribution in [0.4, 0.5) is 20.6 Å². The lowest BCUT2D eigenvalue weighted by Gasteiger charge is -2.07. The molecule has 0 bridgehead atoms. The Morgan fingerprint density at radius 1 is 1.19 bits per heavy atom. The Bertz CT molecular complexity index is 986. The quantitative estimate of drug-likeness (QED) is 0.668. The molecule has 0 fully saturated rings. The molecule has 0 unspecified atom stereocenters. The molecule has 8 heteroatoms. The molecule has 3 aromatic rings. The fourth-order valence-corrected chi connectivity index (χ4v) is 2.54. The van der Waals surface area contributed by atoms with Gasteiger partial charge in [0, 0.05) is 11.1 Å². The number of nitrogens with one attached hydrogen (secondary N) is 2. The molecule has 3 rings (SSSR count). The largest absolute Gasteiger partial charge is 0.450 e. The number of amides is 2. The summed E-state index contributed by atoms with van der Waals surface area (Å²) in [5.74, 6) is -1.34. The molecule has 0 aliphatic rings. The van der Waals surface area contributed by atoms with Crippen molar-refractivity contribution in [2.75, 3.05) is 17.2 Å². The van der Waals surface area contributed by atoms with Crippen molar-refractivity contribution in [3.05, 3.63) is 59.1 Å². The van der Waals surface area contributed by atoms with E-state index >= 15 is 0 Å². The second kappa shape index (κ2) is 7.45. The summed E-state index contributed by atoms with van der Waals surface area (Å²) in [6.45, 7) is 1.84. The fraction of sp³-hybridized carbons (Fsp3) is 0.111. The molecule has 1 aromatic heterocycles. The average Bonchev–Trinajstić information content (AvgIpc) is 2.97. The monoisotopic (exact) mass is 376 g/mol. The standard InChI is InChI=1S/C18H14ClFN2O4/c1-2-25-18(24)22-15-11-5-3-4-6-14(11)26-16(15)17(23)21-10-7-8-13(20)12(19)9-10/h3-9H,2H2,1H3,(H,21,23)(H,22,24). The molecule has 0 saturated carbocycles. The van der Waals surface area contributed by atoms with Gasteiger partial charge in [-0.3, -0.25) is 10.1 Å². The smallest absolute Gasteiger partial charge is 0.411 e. The van der Waals surface area contributed by atoms with Gasteiger partial charge in [-0.2, -0.15) is 0 Å². The van der Waals surface area contributed by atoms with Crippen LogP contribution in [0.25, 0.3) is 11.0 Å². The number of hydrogen-bond acceptors (Lipinski definition) is 4. The molecular formula is C18H14ClFN2O4. The molecule has 6 nitrogen and oxygen atoms in total. The van der Waals surface area contributed by atoms with Crippen LogP contribution in [0.5, 0.6) is 0 Å². The second-order valence-electron chi connectivity index (χ2n) is 5.23. The molecule has 1 heterocycles. The summed E-state index contributed by atoms with van der Waals surface area (Å²) >= 11 is 5.72. The Kier molecular flexibility index (Phi) is 5.09. The molecule has 2 aromatic carbocycles. The van der Waals surface area contributed by atoms with E-state index in [1.54, 1.807) is 31.2 Å². The highest BCUT2D eigenvalue weighted by Gasteiger charge is 2.23. The number of halogens is 2. The zero-order chi connectivity index (χ0) is 18.7. The molecule has 2 N–H and O–H groups in total. The van der Waals surface area contributed by atoms with Crippen molar-refractivity contribution in [1.29, 1.82) is 0 Å². The summed E-state index contributed by atoms with van der Waals surface area (Å²) in [7, 11) is 0. The van der Waals surface area contributed by atoms with Gasteiger partial charge >= 0.3 is 6.09 Å². The lowest BCUT2D eigenvalue weighted by atomic mass is 10.2. The van der Waals surface area contributed by atoms with Crippen LogP contribution < -0.4 is 10.6 Å². The molecule has 134 valence electrons. The maximum absolute atomic E-state index is 13.3. The molecule has 0 saturated heterocycles. The van der Waals surface area contributed by atoms with E-state index < -0.39 is 17.8 Å². The van der Waals surface area contributed by atoms with Crippen molar-refractivity contribution in [2.45, 2.75) is 6.92 Å². The van der Waals surface area contributed by atoms with E-state index in [0.29, 0.717) is 11.0 Å². The van der Waals surface area contributed by atoms with Crippen molar-refractivity contribution in [2.24, 2.45) is 0 Å². The third-order valence-corrected chi connectivity index (χ3v) is 3.77. The molecular weight excluding hydrogens is 363 g/mol. The van der Waals surface area contributed by atoms with Crippen molar-refractivity contribution in [1.82, 2.24) is 0 Å². The van der Waals surface area contributed by atoms with Gasteiger partial charge in [0.05, 0.1) is 11.6 Å². The van der Waals surface area contributed by atoms with Crippen molar-refractivity contribution in [3.63, 3.8) is 0 Å². The highest BCUT2D eigenvalue weighted by molar-refractivity contribution is 6.31. The zero-order valence-corrected chi connectivity index (χ0v) is 14.4. The van der Waals surface area contributed by atoms with E-state index in [0.717, 1.165) is 6.07 Å². The number of para-hydroxylation sites is 1. The summed E-state index contributed by atoms with van der Waals surface area (Å²) in [5, 5.41) is 5.49. The van der Waals surface area contributed by atoms with E-state index in [4.69, 9.17) is 20.8 Å². The van der Waals surface area contributed by atoms with Gasteiger partial charge in [-0.05, 0) is 37.3 Å². The van der Waals surface area contributed by atoms with Crippen LogP contribution in [-0.4, -0.2) is 18.6 Å². The number of fused-ring (bicyclic) bond motifs is 1. The van der Waals surface area contributed by atoms with Gasteiger partial charge in [-0.25, -0.2) is 9.18 Å². The van der Waals surface area contributed by atoms with Gasteiger partial charge in [0.2, 0.25) is 5.76 Å². The minimum atomic E-state index is -0.710. The van der Waals surface area contributed by atoms with Crippen LogP contribution in [0, 0.1) is 5.82 Å². The van der Waals surface area contributed by atoms with Crippen LogP contribution in [-0.2, 0) is 4.74 Å². The topological polar surface area (TPSA) is 80.6 Å². The number of benzene rings is 2. The van der Waals surface area contributed by atoms with Crippen LogP contribution in [0.1, 0.15) is 17.5 Å². The number of anilines is 2. The fourth-order valence-electron chi connectivity index (χ4n) is 2.36. The van der Waals surface area contributed by atoms with E-state index in [-0.39, 0.29) is 28.8 Å². The van der Waals surface area contributed by atoms with E-state index in [9.17, 15) is 14.0 Å². The predicted molar refractivity (Wildman–Crippen MR) is 96.2 cm³/mol. The Morgan fingerprint density at radius 3 is 2.69 bits per heavy atom. The highest BCUT2D eigenvalue weighted by atomic mass is 35.5. The first-order chi connectivity index (χ1) is 12.5. The number of hydrogen-bond donors (Lipinski definition) is 2. The van der Waals surface area contributed by atoms with Gasteiger partial charge < -0.3 is 14.5 Å². The van der Waals surface area contributed by atoms with Gasteiger partial charge in [0.15, 0.2) is 0 Å². The lowest BCUT2D eigenvalue weighted by molar-refractivity contribution is 0.1000. The third-order valence-electron chi connectivity index (χ3n) is 3.48. The molecule has 0 aliphatic heterocycles. The van der Waals surface area contributed by atoms with E-state index in [1.807, 2.05) is 0 Å². The average molecular weight is 377 g/mol. The second-order valence-corrected chi connectivity index (χ2v) is 5.64. The van der Waals surface area contributed by atoms with Crippen LogP contribution >= 0.6 is 11.6 Å². The number of carbonyl (C=O) groups excluding carboxylic acids is 2. The van der Waals surface area contributed by atoms with Gasteiger partial charge in [0.25, 0.3) is 5.91 Å². The van der Waals surface area contributed by atoms with Crippen LogP contribution in [0.3, 0.4) is 0 Å². The Balaban J connectivity index is 1.95. The summed E-state index contributed by atoms with van der Waals surface area (Å²) in [4.78, 5) is 24.4. The Hall–Kier alpha value is -3.06. The van der Waals surface area contributed by atoms with Gasteiger partial charge in [-0.15, -0.1) is 0 Å². The number of ether oxygens (including phenoxy) is 1. The van der Waals surface area contributed by atoms with Gasteiger partial charge in [-0.1, -0.05) is 23.7 Å². The molecule has 2 amide bonds. The zero-order valence-electron chi connectivity index (χ0n) is 13.6. The SMILES string of the molecule is CCOC(=O)Nc1c(C(=O)Nc2ccc(F)c(Cl)c2)oc2ccccc12. The van der Waals surface area contributed by atoms with E-state index in [2.05, 4.69) is 10.6 Å². The minimum Gasteiger partial charge on any atom is -0.450 e. The number of furan rings is 1. The molecule has 0 atom stereocenters. The Labute approximate surface area is 152 Å². The van der Waals surface area contributed by atoms with Crippen LogP contribution in [0.2, 0.25) is 5.02 Å². The first kappa shape index (κ1) is 17.8. The van der Waals surface area contributed by atoms with Crippen molar-refractivity contribution >= 4 is 45.9 Å². The third kappa shape index (κ3) is 3.62.